The highest BCUT2D eigenvalue weighted by atomic mass is 79.9. The van der Waals surface area contributed by atoms with E-state index in [1.807, 2.05) is 6.92 Å². The zero-order chi connectivity index (χ0) is 21.7. The molecule has 0 radical (unpaired) electrons. The van der Waals surface area contributed by atoms with Crippen molar-refractivity contribution in [1.82, 2.24) is 5.32 Å². The number of hydrogen-bond acceptors (Lipinski definition) is 5. The van der Waals surface area contributed by atoms with E-state index < -0.39 is 11.9 Å². The van der Waals surface area contributed by atoms with Crippen LogP contribution in [0.2, 0.25) is 0 Å². The summed E-state index contributed by atoms with van der Waals surface area (Å²) in [6.07, 6.45) is 0.762. The zero-order valence-corrected chi connectivity index (χ0v) is 20.3. The van der Waals surface area contributed by atoms with Crippen LogP contribution in [0, 0.1) is 5.41 Å². The van der Waals surface area contributed by atoms with Gasteiger partial charge in [-0.05, 0) is 60.7 Å². The lowest BCUT2D eigenvalue weighted by Gasteiger charge is -2.39. The third-order valence-corrected chi connectivity index (χ3v) is 6.23. The number of ketones is 1. The van der Waals surface area contributed by atoms with E-state index in [4.69, 9.17) is 4.74 Å². The van der Waals surface area contributed by atoms with Crippen LogP contribution in [0.4, 0.5) is 0 Å². The van der Waals surface area contributed by atoms with Gasteiger partial charge in [-0.25, -0.2) is 4.79 Å². The molecular weight excluding hydrogens is 502 g/mol. The van der Waals surface area contributed by atoms with Gasteiger partial charge in [0.2, 0.25) is 0 Å². The second-order valence-corrected chi connectivity index (χ2v) is 10.5. The number of benzene rings is 1. The van der Waals surface area contributed by atoms with Crippen LogP contribution < -0.4 is 5.32 Å². The third-order valence-electron chi connectivity index (χ3n) is 5.17. The first-order valence-electron chi connectivity index (χ1n) is 9.54. The van der Waals surface area contributed by atoms with Crippen molar-refractivity contribution in [3.63, 3.8) is 0 Å². The van der Waals surface area contributed by atoms with Crippen LogP contribution in [0.3, 0.4) is 0 Å². The summed E-state index contributed by atoms with van der Waals surface area (Å²) in [4.78, 5) is 26.3. The largest absolute Gasteiger partial charge is 0.506 e. The summed E-state index contributed by atoms with van der Waals surface area (Å²) in [5, 5.41) is 14.1. The Morgan fingerprint density at radius 3 is 2.55 bits per heavy atom. The minimum Gasteiger partial charge on any atom is -0.506 e. The van der Waals surface area contributed by atoms with Gasteiger partial charge in [0.15, 0.2) is 5.78 Å². The first kappa shape index (κ1) is 22.1. The molecule has 5 nitrogen and oxygen atoms in total. The predicted molar refractivity (Wildman–Crippen MR) is 118 cm³/mol. The molecule has 0 spiro atoms. The van der Waals surface area contributed by atoms with Crippen molar-refractivity contribution < 1.29 is 19.4 Å². The van der Waals surface area contributed by atoms with E-state index in [-0.39, 0.29) is 23.1 Å². The Bertz CT molecular complexity index is 960. The maximum absolute atomic E-state index is 13.2. The van der Waals surface area contributed by atoms with Crippen molar-refractivity contribution in [2.45, 2.75) is 59.5 Å². The van der Waals surface area contributed by atoms with Gasteiger partial charge in [-0.1, -0.05) is 29.8 Å². The van der Waals surface area contributed by atoms with E-state index in [1.165, 1.54) is 0 Å². The summed E-state index contributed by atoms with van der Waals surface area (Å²) < 4.78 is 6.71. The zero-order valence-electron chi connectivity index (χ0n) is 17.2. The van der Waals surface area contributed by atoms with E-state index in [2.05, 4.69) is 51.0 Å². The number of phenols is 1. The minimum atomic E-state index is -0.699. The third kappa shape index (κ3) is 4.31. The molecule has 1 heterocycles. The second-order valence-electron chi connectivity index (χ2n) is 8.71. The second kappa shape index (κ2) is 7.91. The SMILES string of the molecule is CC1=C(C(=O)OC(C)C)[C@@H](c2cc(Br)cc(Br)c2O)C2=C(CC(C)(C)CC2=O)N1. The lowest BCUT2D eigenvalue weighted by Crippen LogP contribution is -2.39. The minimum absolute atomic E-state index is 0.00670. The average Bonchev–Trinajstić information content (AvgIpc) is 2.54. The Morgan fingerprint density at radius 1 is 1.28 bits per heavy atom. The van der Waals surface area contributed by atoms with Gasteiger partial charge in [0.1, 0.15) is 5.75 Å². The molecule has 29 heavy (non-hydrogen) atoms. The maximum atomic E-state index is 13.2. The molecule has 0 saturated carbocycles. The number of dihydropyridines is 1. The monoisotopic (exact) mass is 525 g/mol. The molecular formula is C22H25Br2NO4. The number of Topliss-reactive ketones (excluding diaryl/α,β-unsaturated/α-hetero) is 1. The number of rotatable bonds is 3. The molecule has 1 atom stereocenters. The molecule has 1 aromatic carbocycles. The van der Waals surface area contributed by atoms with E-state index >= 15 is 0 Å². The first-order chi connectivity index (χ1) is 13.4. The number of halogens is 2. The standard InChI is InChI=1S/C22H25Br2NO4/c1-10(2)29-21(28)17-11(3)25-15-8-22(4,5)9-16(26)19(15)18(17)13-6-12(23)7-14(24)20(13)27/h6-7,10,18,25,27H,8-9H2,1-5H3/t18-/m1/s1. The van der Waals surface area contributed by atoms with Gasteiger partial charge >= 0.3 is 5.97 Å². The number of phenolic OH excluding ortho intramolecular Hbond substituents is 1. The number of hydrogen-bond donors (Lipinski definition) is 2. The molecule has 0 saturated heterocycles. The lowest BCUT2D eigenvalue weighted by atomic mass is 9.68. The fourth-order valence-corrected chi connectivity index (χ4v) is 5.36. The smallest absolute Gasteiger partial charge is 0.337 e. The molecule has 2 aliphatic rings. The number of carbonyl (C=O) groups is 2. The van der Waals surface area contributed by atoms with E-state index in [0.717, 1.165) is 10.2 Å². The van der Waals surface area contributed by atoms with Crippen molar-refractivity contribution in [3.05, 3.63) is 49.2 Å². The highest BCUT2D eigenvalue weighted by molar-refractivity contribution is 9.11. The molecule has 0 bridgehead atoms. The van der Waals surface area contributed by atoms with Crippen molar-refractivity contribution in [2.75, 3.05) is 0 Å². The Morgan fingerprint density at radius 2 is 1.93 bits per heavy atom. The Labute approximate surface area is 187 Å². The van der Waals surface area contributed by atoms with E-state index in [1.54, 1.807) is 26.0 Å². The van der Waals surface area contributed by atoms with Crippen LogP contribution in [-0.2, 0) is 14.3 Å². The van der Waals surface area contributed by atoms with Crippen LogP contribution in [0.25, 0.3) is 0 Å². The van der Waals surface area contributed by atoms with Gasteiger partial charge in [0.05, 0.1) is 22.1 Å². The van der Waals surface area contributed by atoms with Crippen molar-refractivity contribution >= 4 is 43.6 Å². The van der Waals surface area contributed by atoms with Gasteiger partial charge in [-0.3, -0.25) is 4.79 Å². The molecule has 1 aliphatic heterocycles. The molecule has 0 unspecified atom stereocenters. The summed E-state index contributed by atoms with van der Waals surface area (Å²) in [6, 6.07) is 3.48. The van der Waals surface area contributed by atoms with Gasteiger partial charge < -0.3 is 15.2 Å². The molecule has 1 aromatic rings. The number of nitrogens with one attached hydrogen (secondary N) is 1. The van der Waals surface area contributed by atoms with E-state index in [9.17, 15) is 14.7 Å². The first-order valence-corrected chi connectivity index (χ1v) is 11.1. The summed E-state index contributed by atoms with van der Waals surface area (Å²) in [7, 11) is 0. The predicted octanol–water partition coefficient (Wildman–Crippen LogP) is 5.47. The van der Waals surface area contributed by atoms with Crippen molar-refractivity contribution in [2.24, 2.45) is 5.41 Å². The van der Waals surface area contributed by atoms with Crippen LogP contribution in [0.15, 0.2) is 43.6 Å². The molecule has 2 N–H and O–H groups in total. The fourth-order valence-electron chi connectivity index (χ4n) is 4.10. The van der Waals surface area contributed by atoms with E-state index in [0.29, 0.717) is 39.7 Å². The molecule has 156 valence electrons. The highest BCUT2D eigenvalue weighted by Gasteiger charge is 2.44. The number of aromatic hydroxyl groups is 1. The van der Waals surface area contributed by atoms with Gasteiger partial charge in [-0.15, -0.1) is 0 Å². The van der Waals surface area contributed by atoms with Crippen LogP contribution in [0.1, 0.15) is 58.9 Å². The highest BCUT2D eigenvalue weighted by Crippen LogP contribution is 2.50. The molecule has 7 heteroatoms. The topological polar surface area (TPSA) is 75.6 Å². The van der Waals surface area contributed by atoms with Crippen LogP contribution in [-0.4, -0.2) is 23.0 Å². The summed E-state index contributed by atoms with van der Waals surface area (Å²) in [5.41, 5.74) is 2.65. The van der Waals surface area contributed by atoms with Gasteiger partial charge in [-0.2, -0.15) is 0 Å². The summed E-state index contributed by atoms with van der Waals surface area (Å²) in [5.74, 6) is -1.21. The van der Waals surface area contributed by atoms with Gasteiger partial charge in [0, 0.05) is 33.4 Å². The molecule has 0 fully saturated rings. The summed E-state index contributed by atoms with van der Waals surface area (Å²) >= 11 is 6.83. The quantitative estimate of drug-likeness (QED) is 0.510. The maximum Gasteiger partial charge on any atom is 0.337 e. The van der Waals surface area contributed by atoms with Crippen LogP contribution >= 0.6 is 31.9 Å². The Kier molecular flexibility index (Phi) is 6.03. The number of carbonyl (C=O) groups excluding carboxylic acids is 2. The normalized spacial score (nSPS) is 21.2. The summed E-state index contributed by atoms with van der Waals surface area (Å²) in [6.45, 7) is 9.49. The lowest BCUT2D eigenvalue weighted by molar-refractivity contribution is -0.143. The Balaban J connectivity index is 2.26. The number of esters is 1. The number of allylic oxidation sites excluding steroid dienone is 3. The van der Waals surface area contributed by atoms with Crippen LogP contribution in [0.5, 0.6) is 5.75 Å². The molecule has 1 aliphatic carbocycles. The molecule has 0 aromatic heterocycles. The average molecular weight is 527 g/mol. The molecule has 0 amide bonds. The van der Waals surface area contributed by atoms with Crippen molar-refractivity contribution in [3.8, 4) is 5.75 Å². The fraction of sp³-hybridized carbons (Fsp3) is 0.455. The van der Waals surface area contributed by atoms with Gasteiger partial charge in [0.25, 0.3) is 0 Å². The molecule has 3 rings (SSSR count). The Hall–Kier alpha value is -1.60. The van der Waals surface area contributed by atoms with Crippen molar-refractivity contribution in [1.29, 1.82) is 0 Å². The number of ether oxygens (including phenoxy) is 1.